The number of benzene rings is 2. The number of thioether (sulfide) groups is 1. The van der Waals surface area contributed by atoms with Gasteiger partial charge in [-0.05, 0) is 31.5 Å². The van der Waals surface area contributed by atoms with Gasteiger partial charge in [0, 0.05) is 5.56 Å². The molecule has 1 heterocycles. The van der Waals surface area contributed by atoms with Gasteiger partial charge >= 0.3 is 0 Å². The maximum Gasteiger partial charge on any atom is 0.161 e. The Bertz CT molecular complexity index is 689. The Hall–Kier alpha value is -2.14. The van der Waals surface area contributed by atoms with Crippen LogP contribution in [0, 0.1) is 0 Å². The van der Waals surface area contributed by atoms with Crippen LogP contribution in [0.2, 0.25) is 0 Å². The summed E-state index contributed by atoms with van der Waals surface area (Å²) in [5.74, 6) is 1.56. The molecule has 0 unspecified atom stereocenters. The van der Waals surface area contributed by atoms with Gasteiger partial charge < -0.3 is 9.47 Å². The number of hydrogen-bond donors (Lipinski definition) is 1. The molecule has 2 aromatic rings. The van der Waals surface area contributed by atoms with Crippen LogP contribution in [0.25, 0.3) is 0 Å². The van der Waals surface area contributed by atoms with Crippen LogP contribution in [0.1, 0.15) is 30.3 Å². The van der Waals surface area contributed by atoms with E-state index in [0.717, 1.165) is 27.7 Å². The van der Waals surface area contributed by atoms with Gasteiger partial charge in [-0.15, -0.1) is 0 Å². The van der Waals surface area contributed by atoms with E-state index >= 15 is 0 Å². The van der Waals surface area contributed by atoms with Gasteiger partial charge in [0.15, 0.2) is 11.5 Å². The van der Waals surface area contributed by atoms with Crippen LogP contribution >= 0.6 is 11.8 Å². The minimum Gasteiger partial charge on any atom is -0.490 e. The van der Waals surface area contributed by atoms with Crippen LogP contribution in [0.4, 0.5) is 0 Å². The second kappa shape index (κ2) is 7.42. The van der Waals surface area contributed by atoms with Crippen molar-refractivity contribution in [3.63, 3.8) is 0 Å². The van der Waals surface area contributed by atoms with Crippen molar-refractivity contribution in [3.8, 4) is 11.5 Å². The zero-order valence-corrected chi connectivity index (χ0v) is 14.1. The van der Waals surface area contributed by atoms with Gasteiger partial charge in [0.1, 0.15) is 10.4 Å². The van der Waals surface area contributed by atoms with Crippen LogP contribution in [0.3, 0.4) is 0 Å². The Morgan fingerprint density at radius 2 is 1.74 bits per heavy atom. The Kier molecular flexibility index (Phi) is 5.08. The summed E-state index contributed by atoms with van der Waals surface area (Å²) in [6, 6.07) is 16.2. The van der Waals surface area contributed by atoms with Crippen molar-refractivity contribution < 1.29 is 9.47 Å². The average Bonchev–Trinajstić information content (AvgIpc) is 3.08. The van der Waals surface area contributed by atoms with Gasteiger partial charge in [0.05, 0.1) is 13.2 Å². The minimum atomic E-state index is 0.0834. The molecule has 5 heteroatoms. The molecule has 23 heavy (non-hydrogen) atoms. The topological polar surface area (TPSA) is 42.8 Å². The molecule has 4 nitrogen and oxygen atoms in total. The fourth-order valence-corrected chi connectivity index (χ4v) is 3.36. The highest BCUT2D eigenvalue weighted by molar-refractivity contribution is 8.14. The first-order chi connectivity index (χ1) is 11.3. The molecule has 0 saturated carbocycles. The van der Waals surface area contributed by atoms with Crippen molar-refractivity contribution in [1.29, 1.82) is 0 Å². The number of nitrogens with zero attached hydrogens (tertiary/aromatic N) is 1. The highest BCUT2D eigenvalue weighted by atomic mass is 32.2. The first-order valence-corrected chi connectivity index (χ1v) is 8.64. The number of nitrogens with one attached hydrogen (secondary N) is 1. The Balaban J connectivity index is 1.77. The molecule has 3 rings (SSSR count). The van der Waals surface area contributed by atoms with E-state index in [1.807, 2.05) is 44.2 Å². The number of hydrazone groups is 1. The van der Waals surface area contributed by atoms with Gasteiger partial charge in [0.25, 0.3) is 0 Å². The van der Waals surface area contributed by atoms with Crippen LogP contribution in [0.15, 0.2) is 53.6 Å². The van der Waals surface area contributed by atoms with Gasteiger partial charge in [-0.25, -0.2) is 0 Å². The van der Waals surface area contributed by atoms with E-state index in [2.05, 4.69) is 28.7 Å². The van der Waals surface area contributed by atoms with Crippen LogP contribution in [0.5, 0.6) is 11.5 Å². The lowest BCUT2D eigenvalue weighted by Crippen LogP contribution is -2.07. The van der Waals surface area contributed by atoms with Gasteiger partial charge in [-0.2, -0.15) is 5.10 Å². The molecule has 0 bridgehead atoms. The molecule has 1 N–H and O–H groups in total. The van der Waals surface area contributed by atoms with Crippen molar-refractivity contribution in [2.24, 2.45) is 5.10 Å². The lowest BCUT2D eigenvalue weighted by atomic mass is 10.2. The molecule has 0 fully saturated rings. The maximum atomic E-state index is 5.70. The smallest absolute Gasteiger partial charge is 0.161 e. The zero-order valence-electron chi connectivity index (χ0n) is 13.3. The highest BCUT2D eigenvalue weighted by Crippen LogP contribution is 2.38. The van der Waals surface area contributed by atoms with Crippen molar-refractivity contribution in [2.75, 3.05) is 13.2 Å². The second-order valence-electron chi connectivity index (χ2n) is 4.98. The first-order valence-electron chi connectivity index (χ1n) is 7.76. The van der Waals surface area contributed by atoms with Crippen LogP contribution < -0.4 is 14.9 Å². The van der Waals surface area contributed by atoms with E-state index in [0.29, 0.717) is 13.2 Å². The molecule has 2 aromatic carbocycles. The molecule has 1 atom stereocenters. The summed E-state index contributed by atoms with van der Waals surface area (Å²) in [6.45, 7) is 5.18. The Morgan fingerprint density at radius 1 is 1.00 bits per heavy atom. The van der Waals surface area contributed by atoms with Crippen molar-refractivity contribution in [2.45, 2.75) is 19.2 Å². The molecule has 0 aliphatic carbocycles. The molecular weight excluding hydrogens is 308 g/mol. The van der Waals surface area contributed by atoms with Crippen LogP contribution in [-0.4, -0.2) is 18.3 Å². The summed E-state index contributed by atoms with van der Waals surface area (Å²) in [7, 11) is 0. The summed E-state index contributed by atoms with van der Waals surface area (Å²) >= 11 is 1.71. The van der Waals surface area contributed by atoms with Gasteiger partial charge in [-0.3, -0.25) is 5.43 Å². The quantitative estimate of drug-likeness (QED) is 0.864. The van der Waals surface area contributed by atoms with Crippen LogP contribution in [-0.2, 0) is 0 Å². The predicted molar refractivity (Wildman–Crippen MR) is 95.2 cm³/mol. The third-order valence-corrected chi connectivity index (χ3v) is 4.57. The number of rotatable bonds is 6. The molecule has 0 aromatic heterocycles. The predicted octanol–water partition coefficient (Wildman–Crippen LogP) is 4.18. The minimum absolute atomic E-state index is 0.0834. The van der Waals surface area contributed by atoms with E-state index in [-0.39, 0.29) is 5.37 Å². The Morgan fingerprint density at radius 3 is 2.48 bits per heavy atom. The molecule has 120 valence electrons. The normalized spacial score (nSPS) is 16.6. The number of hydrogen-bond acceptors (Lipinski definition) is 5. The third kappa shape index (κ3) is 3.62. The van der Waals surface area contributed by atoms with E-state index in [1.165, 1.54) is 0 Å². The van der Waals surface area contributed by atoms with Crippen molar-refractivity contribution in [3.05, 3.63) is 59.7 Å². The highest BCUT2D eigenvalue weighted by Gasteiger charge is 2.23. The molecule has 0 amide bonds. The summed E-state index contributed by atoms with van der Waals surface area (Å²) in [5, 5.41) is 5.54. The zero-order chi connectivity index (χ0) is 16.1. The van der Waals surface area contributed by atoms with Gasteiger partial charge in [0.2, 0.25) is 0 Å². The third-order valence-electron chi connectivity index (χ3n) is 3.40. The summed E-state index contributed by atoms with van der Waals surface area (Å²) < 4.78 is 11.3. The van der Waals surface area contributed by atoms with Gasteiger partial charge in [-0.1, -0.05) is 48.2 Å². The fraction of sp³-hybridized carbons (Fsp3) is 0.278. The maximum absolute atomic E-state index is 5.70. The molecule has 0 saturated heterocycles. The molecule has 1 aliphatic heterocycles. The van der Waals surface area contributed by atoms with E-state index in [1.54, 1.807) is 11.8 Å². The van der Waals surface area contributed by atoms with E-state index in [9.17, 15) is 0 Å². The lowest BCUT2D eigenvalue weighted by molar-refractivity contribution is 0.287. The molecule has 0 radical (unpaired) electrons. The summed E-state index contributed by atoms with van der Waals surface area (Å²) in [6.07, 6.45) is 0. The van der Waals surface area contributed by atoms with Crippen molar-refractivity contribution in [1.82, 2.24) is 5.43 Å². The standard InChI is InChI=1S/C18H20N2O2S/c1-3-21-15-11-10-14(12-16(15)22-4-2)18-20-19-17(23-18)13-8-6-5-7-9-13/h5-12,18,20H,3-4H2,1-2H3/t18-/m0/s1. The first kappa shape index (κ1) is 15.7. The number of ether oxygens (including phenoxy) is 2. The lowest BCUT2D eigenvalue weighted by Gasteiger charge is -2.15. The molecular formula is C18H20N2O2S. The Labute approximate surface area is 140 Å². The largest absolute Gasteiger partial charge is 0.490 e. The van der Waals surface area contributed by atoms with E-state index < -0.39 is 0 Å². The summed E-state index contributed by atoms with van der Waals surface area (Å²) in [4.78, 5) is 0. The molecule has 1 aliphatic rings. The van der Waals surface area contributed by atoms with Crippen molar-refractivity contribution >= 4 is 16.8 Å². The SMILES string of the molecule is CCOc1ccc([C@H]2NN=C(c3ccccc3)S2)cc1OCC. The summed E-state index contributed by atoms with van der Waals surface area (Å²) in [5.41, 5.74) is 5.45. The monoisotopic (exact) mass is 328 g/mol. The van der Waals surface area contributed by atoms with E-state index in [4.69, 9.17) is 9.47 Å². The fourth-order valence-electron chi connectivity index (χ4n) is 2.37. The second-order valence-corrected chi connectivity index (χ2v) is 6.08. The molecule has 0 spiro atoms. The average molecular weight is 328 g/mol.